The minimum absolute atomic E-state index is 0.226. The number of aromatic nitrogens is 2. The molecule has 3 rings (SSSR count). The summed E-state index contributed by atoms with van der Waals surface area (Å²) in [5.74, 6) is 1.07. The summed E-state index contributed by atoms with van der Waals surface area (Å²) in [4.78, 5) is 3.90. The highest BCUT2D eigenvalue weighted by Crippen LogP contribution is 2.30. The quantitative estimate of drug-likeness (QED) is 0.636. The molecule has 3 aromatic rings. The molecule has 0 atom stereocenters. The van der Waals surface area contributed by atoms with E-state index in [1.54, 1.807) is 0 Å². The van der Waals surface area contributed by atoms with Crippen molar-refractivity contribution in [3.8, 4) is 0 Å². The van der Waals surface area contributed by atoms with Gasteiger partial charge in [0.15, 0.2) is 0 Å². The number of nitrogens with zero attached hydrogens (tertiary/aromatic N) is 2. The van der Waals surface area contributed by atoms with Crippen molar-refractivity contribution >= 4 is 33.3 Å². The van der Waals surface area contributed by atoms with Gasteiger partial charge < -0.3 is 10.6 Å². The number of pyridine rings is 1. The van der Waals surface area contributed by atoms with Crippen molar-refractivity contribution in [1.29, 1.82) is 0 Å². The van der Waals surface area contributed by atoms with Crippen LogP contribution >= 0.6 is 11.5 Å². The molecule has 1 aromatic carbocycles. The zero-order chi connectivity index (χ0) is 17.0. The summed E-state index contributed by atoms with van der Waals surface area (Å²) >= 11 is 1.43. The van der Waals surface area contributed by atoms with Crippen LogP contribution < -0.4 is 10.6 Å². The van der Waals surface area contributed by atoms with E-state index in [0.717, 1.165) is 40.7 Å². The van der Waals surface area contributed by atoms with E-state index < -0.39 is 11.7 Å². The molecule has 4 nitrogen and oxygen atoms in total. The Hall–Kier alpha value is -2.35. The van der Waals surface area contributed by atoms with E-state index in [9.17, 15) is 13.2 Å². The average Bonchev–Trinajstić information content (AvgIpc) is 2.97. The van der Waals surface area contributed by atoms with Gasteiger partial charge in [-0.3, -0.25) is 0 Å². The molecule has 8 heteroatoms. The van der Waals surface area contributed by atoms with E-state index >= 15 is 0 Å². The van der Waals surface area contributed by atoms with E-state index in [2.05, 4.69) is 20.0 Å². The predicted octanol–water partition coefficient (Wildman–Crippen LogP) is 4.62. The fourth-order valence-corrected chi connectivity index (χ4v) is 2.98. The minimum Gasteiger partial charge on any atom is -0.370 e. The second-order valence-electron chi connectivity index (χ2n) is 5.16. The lowest BCUT2D eigenvalue weighted by Gasteiger charge is -2.10. The molecule has 0 fully saturated rings. The van der Waals surface area contributed by atoms with Gasteiger partial charge >= 0.3 is 6.18 Å². The summed E-state index contributed by atoms with van der Waals surface area (Å²) in [5.41, 5.74) is -0.702. The number of nitrogens with one attached hydrogen (secondary N) is 2. The summed E-state index contributed by atoms with van der Waals surface area (Å²) in [5, 5.41) is 7.23. The smallest absolute Gasteiger partial charge is 0.370 e. The SMILES string of the molecule is FC(F)(F)c1ccnc(NCCCNc2nsc3ccccc23)c1. The molecule has 0 unspecified atom stereocenters. The summed E-state index contributed by atoms with van der Waals surface area (Å²) in [6.45, 7) is 1.18. The van der Waals surface area contributed by atoms with Crippen LogP contribution in [-0.2, 0) is 6.18 Å². The van der Waals surface area contributed by atoms with Crippen LogP contribution in [0.15, 0.2) is 42.6 Å². The van der Waals surface area contributed by atoms with Gasteiger partial charge in [-0.05, 0) is 42.2 Å². The predicted molar refractivity (Wildman–Crippen MR) is 90.5 cm³/mol. The molecule has 2 N–H and O–H groups in total. The van der Waals surface area contributed by atoms with Crippen LogP contribution in [0.1, 0.15) is 12.0 Å². The van der Waals surface area contributed by atoms with Crippen LogP contribution in [0.25, 0.3) is 10.1 Å². The minimum atomic E-state index is -4.35. The highest BCUT2D eigenvalue weighted by molar-refractivity contribution is 7.13. The van der Waals surface area contributed by atoms with Crippen LogP contribution in [0.2, 0.25) is 0 Å². The molecule has 126 valence electrons. The second kappa shape index (κ2) is 7.04. The van der Waals surface area contributed by atoms with Gasteiger partial charge in [0.1, 0.15) is 11.6 Å². The number of hydrogen-bond donors (Lipinski definition) is 2. The first-order chi connectivity index (χ1) is 11.5. The molecule has 0 amide bonds. The maximum absolute atomic E-state index is 12.6. The zero-order valence-corrected chi connectivity index (χ0v) is 13.4. The van der Waals surface area contributed by atoms with Gasteiger partial charge in [0.2, 0.25) is 0 Å². The van der Waals surface area contributed by atoms with Gasteiger partial charge in [-0.15, -0.1) is 0 Å². The molecule has 0 spiro atoms. The van der Waals surface area contributed by atoms with Gasteiger partial charge in [0, 0.05) is 24.7 Å². The Morgan fingerprint density at radius 2 is 1.83 bits per heavy atom. The Bertz CT molecular complexity index is 816. The third kappa shape index (κ3) is 3.94. The normalized spacial score (nSPS) is 11.6. The highest BCUT2D eigenvalue weighted by Gasteiger charge is 2.30. The molecule has 0 bridgehead atoms. The molecule has 0 radical (unpaired) electrons. The van der Waals surface area contributed by atoms with Crippen LogP contribution in [0.4, 0.5) is 24.8 Å². The lowest BCUT2D eigenvalue weighted by Crippen LogP contribution is -2.11. The standard InChI is InChI=1S/C16H15F3N4S/c17-16(18,19)11-6-9-21-14(10-11)20-7-3-8-22-15-12-4-1-2-5-13(12)24-23-15/h1-2,4-6,9-10H,3,7-8H2,(H,20,21)(H,22,23). The molecule has 0 saturated carbocycles. The third-order valence-corrected chi connectivity index (χ3v) is 4.24. The number of fused-ring (bicyclic) bond motifs is 1. The Kier molecular flexibility index (Phi) is 4.84. The summed E-state index contributed by atoms with van der Waals surface area (Å²) in [6.07, 6.45) is -2.47. The van der Waals surface area contributed by atoms with Crippen molar-refractivity contribution in [3.63, 3.8) is 0 Å². The summed E-state index contributed by atoms with van der Waals surface area (Å²) < 4.78 is 43.4. The van der Waals surface area contributed by atoms with Gasteiger partial charge in [0.05, 0.1) is 10.3 Å². The first kappa shape index (κ1) is 16.5. The van der Waals surface area contributed by atoms with Gasteiger partial charge in [-0.25, -0.2) is 4.98 Å². The first-order valence-corrected chi connectivity index (χ1v) is 8.17. The number of hydrogen-bond acceptors (Lipinski definition) is 5. The Balaban J connectivity index is 1.48. The maximum atomic E-state index is 12.6. The molecule has 2 aromatic heterocycles. The third-order valence-electron chi connectivity index (χ3n) is 3.42. The van der Waals surface area contributed by atoms with Crippen molar-refractivity contribution < 1.29 is 13.2 Å². The molecule has 0 aliphatic heterocycles. The largest absolute Gasteiger partial charge is 0.416 e. The van der Waals surface area contributed by atoms with Crippen LogP contribution in [0, 0.1) is 0 Å². The number of benzene rings is 1. The van der Waals surface area contributed by atoms with Crippen molar-refractivity contribution in [2.45, 2.75) is 12.6 Å². The molecule has 0 aliphatic rings. The van der Waals surface area contributed by atoms with E-state index in [1.165, 1.54) is 11.5 Å². The van der Waals surface area contributed by atoms with Gasteiger partial charge in [-0.1, -0.05) is 12.1 Å². The Morgan fingerprint density at radius 1 is 1.04 bits per heavy atom. The monoisotopic (exact) mass is 352 g/mol. The lowest BCUT2D eigenvalue weighted by atomic mass is 10.2. The maximum Gasteiger partial charge on any atom is 0.416 e. The topological polar surface area (TPSA) is 49.8 Å². The van der Waals surface area contributed by atoms with Crippen LogP contribution in [-0.4, -0.2) is 22.4 Å². The van der Waals surface area contributed by atoms with Crippen LogP contribution in [0.5, 0.6) is 0 Å². The van der Waals surface area contributed by atoms with Gasteiger partial charge in [0.25, 0.3) is 0 Å². The lowest BCUT2D eigenvalue weighted by molar-refractivity contribution is -0.137. The van der Waals surface area contributed by atoms with Crippen molar-refractivity contribution in [3.05, 3.63) is 48.2 Å². The fourth-order valence-electron chi connectivity index (χ4n) is 2.23. The molecular formula is C16H15F3N4S. The fraction of sp³-hybridized carbons (Fsp3) is 0.250. The number of anilines is 2. The van der Waals surface area contributed by atoms with E-state index in [1.807, 2.05) is 24.3 Å². The summed E-state index contributed by atoms with van der Waals surface area (Å²) in [7, 11) is 0. The van der Waals surface area contributed by atoms with Crippen LogP contribution in [0.3, 0.4) is 0 Å². The zero-order valence-electron chi connectivity index (χ0n) is 12.6. The summed E-state index contributed by atoms with van der Waals surface area (Å²) in [6, 6.07) is 9.92. The number of rotatable bonds is 6. The van der Waals surface area contributed by atoms with Crippen molar-refractivity contribution in [1.82, 2.24) is 9.36 Å². The van der Waals surface area contributed by atoms with Gasteiger partial charge in [-0.2, -0.15) is 17.5 Å². The molecular weight excluding hydrogens is 337 g/mol. The van der Waals surface area contributed by atoms with Crippen molar-refractivity contribution in [2.24, 2.45) is 0 Å². The molecule has 0 saturated heterocycles. The molecule has 2 heterocycles. The molecule has 0 aliphatic carbocycles. The average molecular weight is 352 g/mol. The Morgan fingerprint density at radius 3 is 2.67 bits per heavy atom. The molecule has 24 heavy (non-hydrogen) atoms. The first-order valence-electron chi connectivity index (χ1n) is 7.39. The van der Waals surface area contributed by atoms with E-state index in [0.29, 0.717) is 13.1 Å². The second-order valence-corrected chi connectivity index (χ2v) is 5.97. The number of alkyl halides is 3. The van der Waals surface area contributed by atoms with Crippen molar-refractivity contribution in [2.75, 3.05) is 23.7 Å². The van der Waals surface area contributed by atoms with E-state index in [4.69, 9.17) is 0 Å². The Labute approximate surface area is 140 Å². The van der Waals surface area contributed by atoms with E-state index in [-0.39, 0.29) is 5.82 Å². The number of halogens is 3. The highest BCUT2D eigenvalue weighted by atomic mass is 32.1.